The number of barbiturate groups is 1. The van der Waals surface area contributed by atoms with E-state index >= 15 is 0 Å². The minimum atomic E-state index is -0.814. The third-order valence-corrected chi connectivity index (χ3v) is 5.48. The fourth-order valence-electron chi connectivity index (χ4n) is 3.86. The van der Waals surface area contributed by atoms with Crippen LogP contribution in [0.15, 0.2) is 52.7 Å². The van der Waals surface area contributed by atoms with Crippen LogP contribution in [0, 0.1) is 30.9 Å². The van der Waals surface area contributed by atoms with E-state index in [1.54, 1.807) is 31.2 Å². The predicted molar refractivity (Wildman–Crippen MR) is 117 cm³/mol. The minimum Gasteiger partial charge on any atom is -0.467 e. The van der Waals surface area contributed by atoms with E-state index in [0.29, 0.717) is 16.9 Å². The molecular weight excluding hydrogens is 428 g/mol. The Morgan fingerprint density at radius 3 is 2.52 bits per heavy atom. The Morgan fingerprint density at radius 1 is 1.12 bits per heavy atom. The van der Waals surface area contributed by atoms with Crippen LogP contribution in [0.2, 0.25) is 0 Å². The number of urea groups is 1. The molecule has 1 aliphatic heterocycles. The van der Waals surface area contributed by atoms with Crippen LogP contribution in [0.25, 0.3) is 11.8 Å². The normalized spacial score (nSPS) is 15.3. The molecule has 4 amide bonds. The van der Waals surface area contributed by atoms with Crippen molar-refractivity contribution < 1.29 is 23.7 Å². The van der Waals surface area contributed by atoms with Gasteiger partial charge in [-0.3, -0.25) is 29.9 Å². The molecule has 1 saturated heterocycles. The minimum absolute atomic E-state index is 0.00755. The Morgan fingerprint density at radius 2 is 1.88 bits per heavy atom. The lowest BCUT2D eigenvalue weighted by atomic mass is 10.1. The van der Waals surface area contributed by atoms with Crippen molar-refractivity contribution >= 4 is 29.6 Å². The summed E-state index contributed by atoms with van der Waals surface area (Å²) in [4.78, 5) is 49.2. The number of nitrogens with zero attached hydrogens (tertiary/aromatic N) is 3. The van der Waals surface area contributed by atoms with E-state index in [2.05, 4.69) is 5.32 Å². The Labute approximate surface area is 188 Å². The number of furan rings is 1. The van der Waals surface area contributed by atoms with E-state index in [-0.39, 0.29) is 17.8 Å². The summed E-state index contributed by atoms with van der Waals surface area (Å²) in [5.41, 5.74) is 3.40. The Bertz CT molecular complexity index is 1330. The van der Waals surface area contributed by atoms with Crippen LogP contribution < -0.4 is 5.32 Å². The quantitative estimate of drug-likeness (QED) is 0.275. The molecule has 0 bridgehead atoms. The number of hydrogen-bond donors (Lipinski definition) is 1. The molecule has 0 saturated carbocycles. The zero-order chi connectivity index (χ0) is 23.9. The van der Waals surface area contributed by atoms with Gasteiger partial charge in [0.25, 0.3) is 17.5 Å². The molecule has 0 spiro atoms. The first-order valence-electron chi connectivity index (χ1n) is 10.0. The van der Waals surface area contributed by atoms with Gasteiger partial charge >= 0.3 is 6.03 Å². The zero-order valence-corrected chi connectivity index (χ0v) is 18.1. The van der Waals surface area contributed by atoms with Crippen molar-refractivity contribution in [1.29, 1.82) is 0 Å². The average Bonchev–Trinajstić information content (AvgIpc) is 3.36. The van der Waals surface area contributed by atoms with Crippen molar-refractivity contribution in [2.75, 3.05) is 0 Å². The smallest absolute Gasteiger partial charge is 0.331 e. The molecule has 1 N–H and O–H groups in total. The molecule has 1 aliphatic rings. The monoisotopic (exact) mass is 448 g/mol. The van der Waals surface area contributed by atoms with Gasteiger partial charge in [0.2, 0.25) is 0 Å². The van der Waals surface area contributed by atoms with Crippen LogP contribution in [-0.4, -0.2) is 32.2 Å². The van der Waals surface area contributed by atoms with Crippen molar-refractivity contribution in [1.82, 2.24) is 14.8 Å². The van der Waals surface area contributed by atoms with E-state index in [9.17, 15) is 24.5 Å². The molecule has 3 aromatic rings. The van der Waals surface area contributed by atoms with Crippen LogP contribution in [-0.2, 0) is 16.1 Å². The van der Waals surface area contributed by atoms with Crippen LogP contribution in [0.5, 0.6) is 0 Å². The summed E-state index contributed by atoms with van der Waals surface area (Å²) in [6.07, 6.45) is 2.87. The predicted octanol–water partition coefficient (Wildman–Crippen LogP) is 3.57. The average molecular weight is 448 g/mol. The number of rotatable bonds is 5. The maximum absolute atomic E-state index is 13.0. The van der Waals surface area contributed by atoms with Crippen molar-refractivity contribution in [2.45, 2.75) is 27.3 Å². The number of aryl methyl sites for hydroxylation is 2. The fourth-order valence-corrected chi connectivity index (χ4v) is 3.86. The summed E-state index contributed by atoms with van der Waals surface area (Å²) in [6.45, 7) is 5.33. The third kappa shape index (κ3) is 3.93. The second-order valence-electron chi connectivity index (χ2n) is 7.68. The first kappa shape index (κ1) is 21.8. The first-order chi connectivity index (χ1) is 15.7. The number of nitro benzene ring substituents is 1. The topological polar surface area (TPSA) is 128 Å². The lowest BCUT2D eigenvalue weighted by Gasteiger charge is -2.25. The van der Waals surface area contributed by atoms with Gasteiger partial charge < -0.3 is 8.98 Å². The van der Waals surface area contributed by atoms with E-state index in [1.807, 2.05) is 18.4 Å². The summed E-state index contributed by atoms with van der Waals surface area (Å²) in [7, 11) is 0. The highest BCUT2D eigenvalue weighted by atomic mass is 16.6. The van der Waals surface area contributed by atoms with Crippen molar-refractivity contribution in [3.05, 3.63) is 86.6 Å². The molecule has 4 rings (SSSR count). The van der Waals surface area contributed by atoms with E-state index < -0.39 is 22.8 Å². The number of nitrogens with one attached hydrogen (secondary N) is 1. The first-order valence-corrected chi connectivity index (χ1v) is 10.0. The van der Waals surface area contributed by atoms with Gasteiger partial charge in [-0.05, 0) is 62.2 Å². The van der Waals surface area contributed by atoms with Crippen LogP contribution >= 0.6 is 0 Å². The summed E-state index contributed by atoms with van der Waals surface area (Å²) in [6, 6.07) is 8.83. The van der Waals surface area contributed by atoms with Crippen molar-refractivity contribution in [3.8, 4) is 5.69 Å². The largest absolute Gasteiger partial charge is 0.467 e. The number of amides is 4. The van der Waals surface area contributed by atoms with Crippen LogP contribution in [0.1, 0.15) is 28.3 Å². The van der Waals surface area contributed by atoms with Gasteiger partial charge in [0.1, 0.15) is 11.3 Å². The number of carbonyl (C=O) groups excluding carboxylic acids is 3. The third-order valence-electron chi connectivity index (χ3n) is 5.48. The van der Waals surface area contributed by atoms with Crippen LogP contribution in [0.4, 0.5) is 10.5 Å². The van der Waals surface area contributed by atoms with Gasteiger partial charge in [0.05, 0.1) is 17.7 Å². The fraction of sp³-hybridized carbons (Fsp3) is 0.174. The van der Waals surface area contributed by atoms with Crippen LogP contribution in [0.3, 0.4) is 0 Å². The molecular formula is C23H20N4O6. The molecule has 0 aliphatic carbocycles. The molecule has 1 aromatic carbocycles. The molecule has 0 unspecified atom stereocenters. The molecule has 2 aromatic heterocycles. The Hall–Kier alpha value is -4.47. The van der Waals surface area contributed by atoms with Gasteiger partial charge in [0, 0.05) is 29.2 Å². The number of carbonyl (C=O) groups is 3. The second kappa shape index (κ2) is 8.23. The van der Waals surface area contributed by atoms with Gasteiger partial charge in [-0.25, -0.2) is 4.79 Å². The van der Waals surface area contributed by atoms with Crippen molar-refractivity contribution in [3.63, 3.8) is 0 Å². The van der Waals surface area contributed by atoms with Gasteiger partial charge in [0.15, 0.2) is 0 Å². The van der Waals surface area contributed by atoms with Gasteiger partial charge in [-0.1, -0.05) is 0 Å². The molecule has 0 radical (unpaired) electrons. The molecule has 1 fully saturated rings. The van der Waals surface area contributed by atoms with Crippen molar-refractivity contribution in [2.24, 2.45) is 0 Å². The molecule has 3 heterocycles. The number of imide groups is 2. The van der Waals surface area contributed by atoms with Gasteiger partial charge in [-0.15, -0.1) is 0 Å². The van der Waals surface area contributed by atoms with E-state index in [1.165, 1.54) is 24.5 Å². The van der Waals surface area contributed by atoms with E-state index in [4.69, 9.17) is 4.42 Å². The summed E-state index contributed by atoms with van der Waals surface area (Å²) in [5, 5.41) is 13.2. The SMILES string of the molecule is Cc1cc([N+](=O)[O-])ccc1-n1c(C)cc(C=C2C(=O)NC(=O)N(Cc3ccco3)C2=O)c1C. The highest BCUT2D eigenvalue weighted by molar-refractivity contribution is 6.31. The number of nitro groups is 1. The maximum atomic E-state index is 13.0. The molecule has 10 heteroatoms. The van der Waals surface area contributed by atoms with E-state index in [0.717, 1.165) is 22.0 Å². The lowest BCUT2D eigenvalue weighted by molar-refractivity contribution is -0.384. The summed E-state index contributed by atoms with van der Waals surface area (Å²) in [5.74, 6) is -1.10. The maximum Gasteiger partial charge on any atom is 0.331 e. The number of aromatic nitrogens is 1. The summed E-state index contributed by atoms with van der Waals surface area (Å²) >= 11 is 0. The second-order valence-corrected chi connectivity index (χ2v) is 7.68. The Kier molecular flexibility index (Phi) is 5.42. The molecule has 10 nitrogen and oxygen atoms in total. The molecule has 168 valence electrons. The Balaban J connectivity index is 1.72. The molecule has 33 heavy (non-hydrogen) atoms. The number of non-ortho nitro benzene ring substituents is 1. The zero-order valence-electron chi connectivity index (χ0n) is 18.1. The highest BCUT2D eigenvalue weighted by Gasteiger charge is 2.36. The standard InChI is InChI=1S/C23H20N4O6/c1-13-9-17(27(31)32)6-7-20(13)26-14(2)10-16(15(26)3)11-19-21(28)24-23(30)25(22(19)29)12-18-5-4-8-33-18/h4-11H,12H2,1-3H3,(H,24,28,30). The lowest BCUT2D eigenvalue weighted by Crippen LogP contribution is -2.53. The van der Waals surface area contributed by atoms with Gasteiger partial charge in [-0.2, -0.15) is 0 Å². The number of benzene rings is 1. The highest BCUT2D eigenvalue weighted by Crippen LogP contribution is 2.28. The molecule has 0 atom stereocenters. The number of hydrogen-bond acceptors (Lipinski definition) is 6. The summed E-state index contributed by atoms with van der Waals surface area (Å²) < 4.78 is 7.10.